The summed E-state index contributed by atoms with van der Waals surface area (Å²) in [6.45, 7) is 4.38. The van der Waals surface area contributed by atoms with E-state index in [2.05, 4.69) is 30.6 Å². The topological polar surface area (TPSA) is 69.7 Å². The minimum absolute atomic E-state index is 0. The van der Waals surface area contributed by atoms with E-state index in [0.29, 0.717) is 5.02 Å². The molecule has 0 spiro atoms. The molecule has 9 heteroatoms. The minimum Gasteiger partial charge on any atom is -0.346 e. The predicted octanol–water partition coefficient (Wildman–Crippen LogP) is 3.33. The molecule has 2 aliphatic rings. The largest absolute Gasteiger partial charge is 0.346 e. The minimum atomic E-state index is 0. The number of nitrogens with zero attached hydrogens (tertiary/aromatic N) is 4. The number of hydrogen-bond acceptors (Lipinski definition) is 6. The van der Waals surface area contributed by atoms with E-state index in [9.17, 15) is 0 Å². The first-order chi connectivity index (χ1) is 12.3. The first-order valence-corrected chi connectivity index (χ1v) is 9.55. The van der Waals surface area contributed by atoms with Crippen molar-refractivity contribution < 1.29 is 0 Å². The van der Waals surface area contributed by atoms with Gasteiger partial charge in [0, 0.05) is 43.5 Å². The molecule has 0 unspecified atom stereocenters. The van der Waals surface area contributed by atoms with Crippen LogP contribution in [0.3, 0.4) is 0 Å². The Morgan fingerprint density at radius 3 is 2.62 bits per heavy atom. The molecule has 3 aromatic rings. The average molecular weight is 409 g/mol. The lowest BCUT2D eigenvalue weighted by Crippen LogP contribution is -2.25. The number of nitrogens with one attached hydrogen (secondary N) is 2. The lowest BCUT2D eigenvalue weighted by molar-refractivity contribution is 0.533. The van der Waals surface area contributed by atoms with E-state index >= 15 is 0 Å². The lowest BCUT2D eigenvalue weighted by Gasteiger charge is -2.14. The van der Waals surface area contributed by atoms with Gasteiger partial charge in [0.1, 0.15) is 0 Å². The first-order valence-electron chi connectivity index (χ1n) is 8.36. The average Bonchev–Trinajstić information content (AvgIpc) is 3.36. The number of anilines is 1. The molecular weight excluding hydrogens is 391 g/mol. The van der Waals surface area contributed by atoms with Crippen LogP contribution in [-0.4, -0.2) is 46.6 Å². The molecule has 26 heavy (non-hydrogen) atoms. The van der Waals surface area contributed by atoms with E-state index in [1.54, 1.807) is 17.5 Å². The Balaban J connectivity index is 0.00000168. The van der Waals surface area contributed by atoms with Crippen LogP contribution >= 0.6 is 35.3 Å². The summed E-state index contributed by atoms with van der Waals surface area (Å²) in [7, 11) is 0. The van der Waals surface area contributed by atoms with Crippen molar-refractivity contribution in [1.82, 2.24) is 25.7 Å². The number of aromatic nitrogens is 4. The molecule has 2 aromatic heterocycles. The summed E-state index contributed by atoms with van der Waals surface area (Å²) in [6.07, 6.45) is 3.64. The van der Waals surface area contributed by atoms with Gasteiger partial charge in [-0.15, -0.1) is 22.6 Å². The number of benzene rings is 1. The number of aromatic amines is 1. The van der Waals surface area contributed by atoms with Crippen LogP contribution in [0.25, 0.3) is 21.7 Å². The molecule has 136 valence electrons. The molecule has 0 aliphatic carbocycles. The van der Waals surface area contributed by atoms with Crippen LogP contribution < -0.4 is 10.2 Å². The van der Waals surface area contributed by atoms with E-state index in [4.69, 9.17) is 11.6 Å². The lowest BCUT2D eigenvalue weighted by atomic mass is 10.0. The van der Waals surface area contributed by atoms with Gasteiger partial charge < -0.3 is 10.2 Å². The Morgan fingerprint density at radius 1 is 1.12 bits per heavy atom. The molecular formula is C17H18Cl2N6S. The molecule has 0 amide bonds. The fourth-order valence-electron chi connectivity index (χ4n) is 3.74. The van der Waals surface area contributed by atoms with E-state index in [1.165, 1.54) is 0 Å². The van der Waals surface area contributed by atoms with Gasteiger partial charge in [-0.2, -0.15) is 5.10 Å². The van der Waals surface area contributed by atoms with Crippen molar-refractivity contribution in [3.05, 3.63) is 35.6 Å². The Hall–Kier alpha value is -1.67. The van der Waals surface area contributed by atoms with Gasteiger partial charge in [-0.3, -0.25) is 5.10 Å². The molecule has 2 aliphatic heterocycles. The normalized spacial score (nSPS) is 21.7. The van der Waals surface area contributed by atoms with Crippen LogP contribution in [0, 0.1) is 11.8 Å². The highest BCUT2D eigenvalue weighted by molar-refractivity contribution is 7.18. The van der Waals surface area contributed by atoms with Crippen molar-refractivity contribution in [3.63, 3.8) is 0 Å². The molecule has 1 aromatic carbocycles. The zero-order valence-corrected chi connectivity index (χ0v) is 16.2. The van der Waals surface area contributed by atoms with E-state index in [0.717, 1.165) is 64.8 Å². The molecule has 4 heterocycles. The van der Waals surface area contributed by atoms with Gasteiger partial charge in [-0.05, 0) is 29.5 Å². The van der Waals surface area contributed by atoms with Gasteiger partial charge in [0.25, 0.3) is 0 Å². The maximum atomic E-state index is 6.51. The van der Waals surface area contributed by atoms with Crippen LogP contribution in [0.4, 0.5) is 5.13 Å². The molecule has 6 nitrogen and oxygen atoms in total. The Labute approximate surface area is 166 Å². The maximum absolute atomic E-state index is 6.51. The molecule has 0 bridgehead atoms. The van der Waals surface area contributed by atoms with Crippen molar-refractivity contribution in [1.29, 1.82) is 0 Å². The molecule has 5 rings (SSSR count). The highest BCUT2D eigenvalue weighted by atomic mass is 35.5. The van der Waals surface area contributed by atoms with Crippen molar-refractivity contribution in [2.75, 3.05) is 31.1 Å². The molecule has 2 atom stereocenters. The fourth-order valence-corrected chi connectivity index (χ4v) is 4.97. The van der Waals surface area contributed by atoms with Gasteiger partial charge in [0.05, 0.1) is 11.2 Å². The Kier molecular flexibility index (Phi) is 4.88. The predicted molar refractivity (Wildman–Crippen MR) is 107 cm³/mol. The van der Waals surface area contributed by atoms with Gasteiger partial charge in [0.2, 0.25) is 5.13 Å². The van der Waals surface area contributed by atoms with Crippen LogP contribution in [0.5, 0.6) is 0 Å². The quantitative estimate of drug-likeness (QED) is 0.695. The van der Waals surface area contributed by atoms with Crippen molar-refractivity contribution >= 4 is 40.5 Å². The summed E-state index contributed by atoms with van der Waals surface area (Å²) in [5.74, 6) is 1.48. The fraction of sp³-hybridized carbons (Fsp3) is 0.353. The zero-order valence-electron chi connectivity index (χ0n) is 13.9. The number of halogens is 2. The third-order valence-corrected chi connectivity index (χ3v) is 6.44. The molecule has 2 saturated heterocycles. The second-order valence-corrected chi connectivity index (χ2v) is 8.02. The summed E-state index contributed by atoms with van der Waals surface area (Å²) in [6, 6.07) is 6.01. The smallest absolute Gasteiger partial charge is 0.208 e. The third kappa shape index (κ3) is 3.09. The molecule has 0 saturated carbocycles. The Bertz CT molecular complexity index is 885. The SMILES string of the molecule is Cl.Clc1cc(-c2cn[nH]c2)ccc1-c1nnc(N2C[C@H]3CNC[C@H]3C2)s1. The van der Waals surface area contributed by atoms with E-state index in [-0.39, 0.29) is 12.4 Å². The zero-order chi connectivity index (χ0) is 16.8. The van der Waals surface area contributed by atoms with Gasteiger partial charge in [-0.1, -0.05) is 29.0 Å². The first kappa shape index (κ1) is 17.7. The highest BCUT2D eigenvalue weighted by Gasteiger charge is 2.37. The maximum Gasteiger partial charge on any atom is 0.208 e. The summed E-state index contributed by atoms with van der Waals surface area (Å²) in [5.41, 5.74) is 2.98. The highest BCUT2D eigenvalue weighted by Crippen LogP contribution is 2.38. The number of fused-ring (bicyclic) bond motifs is 1. The van der Waals surface area contributed by atoms with E-state index < -0.39 is 0 Å². The summed E-state index contributed by atoms with van der Waals surface area (Å²) >= 11 is 8.13. The van der Waals surface area contributed by atoms with Gasteiger partial charge in [-0.25, -0.2) is 0 Å². The third-order valence-electron chi connectivity index (χ3n) is 5.11. The van der Waals surface area contributed by atoms with Crippen LogP contribution in [0.15, 0.2) is 30.6 Å². The van der Waals surface area contributed by atoms with Gasteiger partial charge in [0.15, 0.2) is 5.01 Å². The van der Waals surface area contributed by atoms with Gasteiger partial charge >= 0.3 is 0 Å². The van der Waals surface area contributed by atoms with Crippen LogP contribution in [0.2, 0.25) is 5.02 Å². The number of H-pyrrole nitrogens is 1. The number of hydrogen-bond donors (Lipinski definition) is 2. The summed E-state index contributed by atoms with van der Waals surface area (Å²) < 4.78 is 0. The van der Waals surface area contributed by atoms with Crippen molar-refractivity contribution in [3.8, 4) is 21.7 Å². The van der Waals surface area contributed by atoms with Crippen LogP contribution in [0.1, 0.15) is 0 Å². The number of rotatable bonds is 3. The summed E-state index contributed by atoms with van der Waals surface area (Å²) in [5, 5.41) is 21.6. The van der Waals surface area contributed by atoms with Crippen molar-refractivity contribution in [2.45, 2.75) is 0 Å². The van der Waals surface area contributed by atoms with Crippen LogP contribution in [-0.2, 0) is 0 Å². The second-order valence-electron chi connectivity index (χ2n) is 6.65. The van der Waals surface area contributed by atoms with E-state index in [1.807, 2.05) is 24.4 Å². The molecule has 2 N–H and O–H groups in total. The molecule has 0 radical (unpaired) electrons. The summed E-state index contributed by atoms with van der Waals surface area (Å²) in [4.78, 5) is 2.37. The monoisotopic (exact) mass is 408 g/mol. The molecule has 2 fully saturated rings. The second kappa shape index (κ2) is 7.15. The standard InChI is InChI=1S/C17H17ClN6S.ClH/c18-15-3-10(11-6-20-21-7-11)1-2-14(15)16-22-23-17(25-16)24-8-12-4-19-5-13(12)9-24;/h1-3,6-7,12-13,19H,4-5,8-9H2,(H,20,21);1H/t12-,13+;. The van der Waals surface area contributed by atoms with Crippen molar-refractivity contribution in [2.24, 2.45) is 11.8 Å². The Morgan fingerprint density at radius 2 is 1.92 bits per heavy atom.